The van der Waals surface area contributed by atoms with Gasteiger partial charge in [-0.15, -0.1) is 11.3 Å². The van der Waals surface area contributed by atoms with Crippen LogP contribution in [0, 0.1) is 5.82 Å². The summed E-state index contributed by atoms with van der Waals surface area (Å²) in [6.45, 7) is 5.61. The number of hydrogen-bond donors (Lipinski definition) is 0. The highest BCUT2D eigenvalue weighted by atomic mass is 32.1. The third kappa shape index (κ3) is 3.48. The highest BCUT2D eigenvalue weighted by Crippen LogP contribution is 2.24. The normalized spacial score (nSPS) is 10.2. The van der Waals surface area contributed by atoms with E-state index in [4.69, 9.17) is 4.74 Å². The molecule has 5 heteroatoms. The molecule has 1 heterocycles. The van der Waals surface area contributed by atoms with E-state index >= 15 is 0 Å². The van der Waals surface area contributed by atoms with Crippen molar-refractivity contribution in [2.75, 3.05) is 6.61 Å². The third-order valence-electron chi connectivity index (χ3n) is 2.25. The quantitative estimate of drug-likeness (QED) is 0.632. The second kappa shape index (κ2) is 5.75. The van der Waals surface area contributed by atoms with Gasteiger partial charge in [-0.2, -0.15) is 0 Å². The van der Waals surface area contributed by atoms with Crippen LogP contribution in [0.25, 0.3) is 10.6 Å². The molecule has 0 unspecified atom stereocenters. The van der Waals surface area contributed by atoms with Gasteiger partial charge in [-0.3, -0.25) is 0 Å². The number of ether oxygens (including phenoxy) is 1. The van der Waals surface area contributed by atoms with Gasteiger partial charge in [0.25, 0.3) is 0 Å². The summed E-state index contributed by atoms with van der Waals surface area (Å²) in [5.41, 5.74) is 1.79. The fourth-order valence-electron chi connectivity index (χ4n) is 1.36. The van der Waals surface area contributed by atoms with E-state index in [1.807, 2.05) is 0 Å². The van der Waals surface area contributed by atoms with Gasteiger partial charge in [0.05, 0.1) is 0 Å². The molecule has 0 saturated heterocycles. The van der Waals surface area contributed by atoms with E-state index in [2.05, 4.69) is 11.6 Å². The molecule has 0 spiro atoms. The number of thiazole rings is 1. The average molecular weight is 277 g/mol. The number of carbonyl (C=O) groups is 1. The zero-order valence-electron chi connectivity index (χ0n) is 10.4. The molecule has 0 aliphatic heterocycles. The van der Waals surface area contributed by atoms with Crippen LogP contribution in [-0.4, -0.2) is 17.6 Å². The van der Waals surface area contributed by atoms with Gasteiger partial charge < -0.3 is 4.74 Å². The van der Waals surface area contributed by atoms with E-state index in [9.17, 15) is 9.18 Å². The minimum absolute atomic E-state index is 0.183. The topological polar surface area (TPSA) is 39.2 Å². The van der Waals surface area contributed by atoms with Crippen molar-refractivity contribution in [3.63, 3.8) is 0 Å². The van der Waals surface area contributed by atoms with Crippen LogP contribution in [0.2, 0.25) is 0 Å². The van der Waals surface area contributed by atoms with Gasteiger partial charge >= 0.3 is 5.97 Å². The number of rotatable bonds is 4. The summed E-state index contributed by atoms with van der Waals surface area (Å²) >= 11 is 1.31. The summed E-state index contributed by atoms with van der Waals surface area (Å²) < 4.78 is 17.8. The highest BCUT2D eigenvalue weighted by Gasteiger charge is 2.13. The monoisotopic (exact) mass is 277 g/mol. The van der Waals surface area contributed by atoms with E-state index < -0.39 is 5.97 Å². The number of aromatic nitrogens is 1. The molecule has 0 bridgehead atoms. The molecule has 1 aromatic heterocycles. The molecule has 2 aromatic rings. The van der Waals surface area contributed by atoms with Crippen LogP contribution in [0.5, 0.6) is 0 Å². The first kappa shape index (κ1) is 13.4. The fourth-order valence-corrected chi connectivity index (χ4v) is 2.15. The van der Waals surface area contributed by atoms with E-state index in [0.29, 0.717) is 5.01 Å². The van der Waals surface area contributed by atoms with Gasteiger partial charge in [-0.25, -0.2) is 14.2 Å². The Hall–Kier alpha value is -2.01. The zero-order valence-corrected chi connectivity index (χ0v) is 11.2. The summed E-state index contributed by atoms with van der Waals surface area (Å²) in [6.07, 6.45) is 0. The number of carbonyl (C=O) groups excluding carboxylic acids is 1. The molecule has 0 aliphatic carbocycles. The Labute approximate surface area is 114 Å². The second-order valence-electron chi connectivity index (χ2n) is 4.08. The number of halogens is 1. The lowest BCUT2D eigenvalue weighted by Gasteiger charge is -2.01. The van der Waals surface area contributed by atoms with Crippen LogP contribution >= 0.6 is 11.3 Å². The largest absolute Gasteiger partial charge is 0.456 e. The number of esters is 1. The lowest BCUT2D eigenvalue weighted by molar-refractivity contribution is 0.0534. The van der Waals surface area contributed by atoms with E-state index in [-0.39, 0.29) is 18.1 Å². The predicted octanol–water partition coefficient (Wildman–Crippen LogP) is 3.68. The third-order valence-corrected chi connectivity index (χ3v) is 3.15. The lowest BCUT2D eigenvalue weighted by Crippen LogP contribution is -2.07. The molecular weight excluding hydrogens is 265 g/mol. The van der Waals surface area contributed by atoms with Gasteiger partial charge in [0.2, 0.25) is 0 Å². The standard InChI is InChI=1S/C14H12FNO2S/c1-9(2)7-18-14(17)12-8-19-13(16-12)10-3-5-11(15)6-4-10/h3-6,8H,1,7H2,2H3. The maximum Gasteiger partial charge on any atom is 0.358 e. The van der Waals surface area contributed by atoms with E-state index in [1.165, 1.54) is 23.5 Å². The number of nitrogens with zero attached hydrogens (tertiary/aromatic N) is 1. The van der Waals surface area contributed by atoms with Crippen molar-refractivity contribution in [2.24, 2.45) is 0 Å². The Balaban J connectivity index is 2.12. The minimum Gasteiger partial charge on any atom is -0.456 e. The first-order valence-corrected chi connectivity index (χ1v) is 6.47. The molecule has 0 saturated carbocycles. The first-order valence-electron chi connectivity index (χ1n) is 5.59. The Morgan fingerprint density at radius 2 is 2.11 bits per heavy atom. The molecule has 2 rings (SSSR count). The molecule has 0 atom stereocenters. The van der Waals surface area contributed by atoms with Crippen molar-refractivity contribution in [1.82, 2.24) is 4.98 Å². The Kier molecular flexibility index (Phi) is 4.06. The van der Waals surface area contributed by atoms with Crippen molar-refractivity contribution in [3.05, 3.63) is 53.3 Å². The summed E-state index contributed by atoms with van der Waals surface area (Å²) in [5, 5.41) is 2.28. The maximum atomic E-state index is 12.8. The van der Waals surface area contributed by atoms with Crippen molar-refractivity contribution >= 4 is 17.3 Å². The van der Waals surface area contributed by atoms with Crippen LogP contribution < -0.4 is 0 Å². The van der Waals surface area contributed by atoms with Crippen LogP contribution in [0.15, 0.2) is 41.8 Å². The van der Waals surface area contributed by atoms with Gasteiger partial charge in [0.15, 0.2) is 5.69 Å². The number of benzene rings is 1. The van der Waals surface area contributed by atoms with Crippen LogP contribution in [0.1, 0.15) is 17.4 Å². The van der Waals surface area contributed by atoms with E-state index in [0.717, 1.165) is 11.1 Å². The van der Waals surface area contributed by atoms with Crippen LogP contribution in [0.3, 0.4) is 0 Å². The van der Waals surface area contributed by atoms with Gasteiger partial charge in [-0.1, -0.05) is 6.58 Å². The van der Waals surface area contributed by atoms with Crippen molar-refractivity contribution in [3.8, 4) is 10.6 Å². The molecule has 0 radical (unpaired) electrons. The lowest BCUT2D eigenvalue weighted by atomic mass is 10.2. The average Bonchev–Trinajstić information content (AvgIpc) is 2.86. The molecule has 3 nitrogen and oxygen atoms in total. The van der Waals surface area contributed by atoms with Gasteiger partial charge in [-0.05, 0) is 36.8 Å². The van der Waals surface area contributed by atoms with Crippen molar-refractivity contribution in [2.45, 2.75) is 6.92 Å². The summed E-state index contributed by atoms with van der Waals surface area (Å²) in [4.78, 5) is 15.8. The Morgan fingerprint density at radius 1 is 1.42 bits per heavy atom. The van der Waals surface area contributed by atoms with Gasteiger partial charge in [0.1, 0.15) is 17.4 Å². The Morgan fingerprint density at radius 3 is 2.74 bits per heavy atom. The number of hydrogen-bond acceptors (Lipinski definition) is 4. The van der Waals surface area contributed by atoms with E-state index in [1.54, 1.807) is 24.4 Å². The highest BCUT2D eigenvalue weighted by molar-refractivity contribution is 7.13. The molecule has 1 aromatic carbocycles. The molecule has 98 valence electrons. The summed E-state index contributed by atoms with van der Waals surface area (Å²) in [5.74, 6) is -0.783. The molecule has 0 aliphatic rings. The second-order valence-corrected chi connectivity index (χ2v) is 4.94. The minimum atomic E-state index is -0.479. The van der Waals surface area contributed by atoms with Crippen molar-refractivity contribution in [1.29, 1.82) is 0 Å². The van der Waals surface area contributed by atoms with Crippen molar-refractivity contribution < 1.29 is 13.9 Å². The van der Waals surface area contributed by atoms with Gasteiger partial charge in [0, 0.05) is 10.9 Å². The smallest absolute Gasteiger partial charge is 0.358 e. The Bertz CT molecular complexity index is 604. The summed E-state index contributed by atoms with van der Waals surface area (Å²) in [6, 6.07) is 5.96. The maximum absolute atomic E-state index is 12.8. The molecule has 19 heavy (non-hydrogen) atoms. The molecule has 0 N–H and O–H groups in total. The summed E-state index contributed by atoms with van der Waals surface area (Å²) in [7, 11) is 0. The zero-order chi connectivity index (χ0) is 13.8. The van der Waals surface area contributed by atoms with Crippen LogP contribution in [0.4, 0.5) is 4.39 Å². The fraction of sp³-hybridized carbons (Fsp3) is 0.143. The predicted molar refractivity (Wildman–Crippen MR) is 72.6 cm³/mol. The molecule has 0 fully saturated rings. The van der Waals surface area contributed by atoms with Crippen LogP contribution in [-0.2, 0) is 4.74 Å². The SMILES string of the molecule is C=C(C)COC(=O)c1csc(-c2ccc(F)cc2)n1. The molecule has 0 amide bonds. The first-order chi connectivity index (χ1) is 9.06. The molecular formula is C14H12FNO2S.